The topological polar surface area (TPSA) is 95.0 Å². The number of aromatic nitrogens is 2. The minimum absolute atomic E-state index is 0.343. The minimum atomic E-state index is -0.652. The van der Waals surface area contributed by atoms with Gasteiger partial charge in [-0.25, -0.2) is 9.98 Å². The van der Waals surface area contributed by atoms with Gasteiger partial charge in [0.2, 0.25) is 11.8 Å². The van der Waals surface area contributed by atoms with Gasteiger partial charge in [-0.3, -0.25) is 4.79 Å². The van der Waals surface area contributed by atoms with E-state index in [9.17, 15) is 4.79 Å². The first-order valence-electron chi connectivity index (χ1n) is 10.4. The van der Waals surface area contributed by atoms with E-state index < -0.39 is 11.9 Å². The Balaban J connectivity index is 1.64. The number of hydrogen-bond donors (Lipinski definition) is 1. The SMILES string of the molecule is NC(=O)C1C=C2CN1/C=C\N=CO\C=C/C=C\C=C/n1ccc3c4ccccc4nc(c31)O2. The summed E-state index contributed by atoms with van der Waals surface area (Å²) in [6, 6.07) is 9.31. The molecule has 3 aromatic rings. The van der Waals surface area contributed by atoms with Crippen molar-refractivity contribution in [2.75, 3.05) is 6.54 Å². The van der Waals surface area contributed by atoms with Gasteiger partial charge in [-0.15, -0.1) is 0 Å². The maximum absolute atomic E-state index is 12.0. The number of carbonyl (C=O) groups excluding carboxylic acids is 1. The third-order valence-electron chi connectivity index (χ3n) is 5.30. The quantitative estimate of drug-likeness (QED) is 0.624. The number of allylic oxidation sites excluding steroid dienone is 4. The summed E-state index contributed by atoms with van der Waals surface area (Å²) in [5, 5.41) is 2.05. The average Bonchev–Trinajstić information content (AvgIpc) is 3.42. The highest BCUT2D eigenvalue weighted by Gasteiger charge is 2.29. The first-order chi connectivity index (χ1) is 16.2. The Morgan fingerprint density at radius 1 is 1.06 bits per heavy atom. The van der Waals surface area contributed by atoms with Gasteiger partial charge in [0.15, 0.2) is 6.40 Å². The van der Waals surface area contributed by atoms with Crippen LogP contribution in [0, 0.1) is 0 Å². The van der Waals surface area contributed by atoms with E-state index in [0.717, 1.165) is 21.8 Å². The molecule has 1 aromatic carbocycles. The lowest BCUT2D eigenvalue weighted by Gasteiger charge is -2.19. The van der Waals surface area contributed by atoms with Crippen molar-refractivity contribution in [3.63, 3.8) is 0 Å². The number of amides is 1. The van der Waals surface area contributed by atoms with Crippen molar-refractivity contribution >= 4 is 40.3 Å². The summed E-state index contributed by atoms with van der Waals surface area (Å²) < 4.78 is 13.4. The fraction of sp³-hybridized carbons (Fsp3) is 0.0800. The van der Waals surface area contributed by atoms with E-state index in [1.165, 1.54) is 18.9 Å². The number of pyridine rings is 1. The smallest absolute Gasteiger partial charge is 0.244 e. The van der Waals surface area contributed by atoms with E-state index in [2.05, 4.69) is 4.99 Å². The van der Waals surface area contributed by atoms with E-state index in [1.807, 2.05) is 65.5 Å². The summed E-state index contributed by atoms with van der Waals surface area (Å²) in [5.74, 6) is 0.546. The number of fused-ring (bicyclic) bond motifs is 4. The number of primary amides is 1. The Morgan fingerprint density at radius 2 is 1.94 bits per heavy atom. The van der Waals surface area contributed by atoms with Crippen LogP contribution in [0.5, 0.6) is 5.88 Å². The lowest BCUT2D eigenvalue weighted by Crippen LogP contribution is -2.37. The molecule has 0 radical (unpaired) electrons. The molecule has 2 aliphatic heterocycles. The highest BCUT2D eigenvalue weighted by atomic mass is 16.5. The Hall–Kier alpha value is -4.59. The average molecular weight is 439 g/mol. The molecule has 2 bridgehead atoms. The third-order valence-corrected chi connectivity index (χ3v) is 5.30. The van der Waals surface area contributed by atoms with Gasteiger partial charge in [0.1, 0.15) is 17.3 Å². The van der Waals surface area contributed by atoms with Crippen molar-refractivity contribution in [3.05, 3.63) is 91.3 Å². The molecule has 2 aromatic heterocycles. The summed E-state index contributed by atoms with van der Waals surface area (Å²) >= 11 is 0. The second-order valence-corrected chi connectivity index (χ2v) is 7.42. The molecule has 1 unspecified atom stereocenters. The van der Waals surface area contributed by atoms with Crippen LogP contribution < -0.4 is 10.5 Å². The van der Waals surface area contributed by atoms with E-state index in [1.54, 1.807) is 23.3 Å². The fourth-order valence-corrected chi connectivity index (χ4v) is 3.82. The number of hydrogen-bond acceptors (Lipinski definition) is 6. The van der Waals surface area contributed by atoms with E-state index in [4.69, 9.17) is 20.2 Å². The van der Waals surface area contributed by atoms with Gasteiger partial charge in [0, 0.05) is 35.6 Å². The van der Waals surface area contributed by atoms with Crippen LogP contribution in [-0.4, -0.2) is 39.3 Å². The molecule has 0 aliphatic carbocycles. The van der Waals surface area contributed by atoms with Crippen LogP contribution in [-0.2, 0) is 9.53 Å². The summed E-state index contributed by atoms with van der Waals surface area (Å²) in [4.78, 5) is 22.6. The number of ether oxygens (including phenoxy) is 2. The molecule has 8 nitrogen and oxygen atoms in total. The number of nitrogens with two attached hydrogens (primary N) is 1. The first-order valence-corrected chi connectivity index (χ1v) is 10.4. The summed E-state index contributed by atoms with van der Waals surface area (Å²) in [7, 11) is 0. The van der Waals surface area contributed by atoms with Gasteiger partial charge in [0.05, 0.1) is 18.3 Å². The number of rotatable bonds is 1. The molecule has 164 valence electrons. The van der Waals surface area contributed by atoms with Crippen molar-refractivity contribution in [1.82, 2.24) is 14.5 Å². The van der Waals surface area contributed by atoms with Crippen LogP contribution in [0.25, 0.3) is 28.0 Å². The molecule has 1 atom stereocenters. The van der Waals surface area contributed by atoms with Crippen LogP contribution in [0.2, 0.25) is 0 Å². The van der Waals surface area contributed by atoms with Gasteiger partial charge in [-0.2, -0.15) is 0 Å². The second kappa shape index (κ2) is 8.88. The van der Waals surface area contributed by atoms with Crippen molar-refractivity contribution in [3.8, 4) is 5.88 Å². The lowest BCUT2D eigenvalue weighted by atomic mass is 10.1. The number of nitrogens with zero attached hydrogens (tertiary/aromatic N) is 4. The molecule has 0 saturated carbocycles. The summed E-state index contributed by atoms with van der Waals surface area (Å²) in [6.07, 6.45) is 19.0. The van der Waals surface area contributed by atoms with Crippen LogP contribution in [0.15, 0.2) is 96.3 Å². The Labute approximate surface area is 189 Å². The Morgan fingerprint density at radius 3 is 2.85 bits per heavy atom. The van der Waals surface area contributed by atoms with Gasteiger partial charge in [-0.05, 0) is 30.4 Å². The number of carbonyl (C=O) groups is 1. The van der Waals surface area contributed by atoms with Gasteiger partial charge >= 0.3 is 0 Å². The molecule has 0 saturated heterocycles. The summed E-state index contributed by atoms with van der Waals surface area (Å²) in [5.41, 5.74) is 7.26. The molecule has 2 aliphatic rings. The standard InChI is InChI=1S/C25H21N5O3/c26-24(31)22-15-18-16-30(22)13-10-27-17-32-14-6-2-1-5-11-29-12-9-20-19-7-3-4-8-21(19)28-25(33-18)23(20)29/h1-15,17,22H,16H2,(H2,26,31)/b2-1-,11-5-,13-10-,14-6-,27-17?. The van der Waals surface area contributed by atoms with E-state index in [0.29, 0.717) is 18.2 Å². The van der Waals surface area contributed by atoms with E-state index in [-0.39, 0.29) is 0 Å². The molecular weight excluding hydrogens is 418 g/mol. The van der Waals surface area contributed by atoms with Gasteiger partial charge in [0.25, 0.3) is 0 Å². The molecule has 5 rings (SSSR count). The fourth-order valence-electron chi connectivity index (χ4n) is 3.82. The first kappa shape index (κ1) is 20.3. The molecular formula is C25H21N5O3. The minimum Gasteiger partial charge on any atom is -0.453 e. The van der Waals surface area contributed by atoms with E-state index >= 15 is 0 Å². The third kappa shape index (κ3) is 4.14. The maximum Gasteiger partial charge on any atom is 0.244 e. The normalized spacial score (nSPS) is 22.0. The van der Waals surface area contributed by atoms with Crippen LogP contribution in [0.1, 0.15) is 0 Å². The zero-order chi connectivity index (χ0) is 22.6. The second-order valence-electron chi connectivity index (χ2n) is 7.42. The molecule has 4 heterocycles. The van der Waals surface area contributed by atoms with Crippen molar-refractivity contribution in [2.24, 2.45) is 10.7 Å². The lowest BCUT2D eigenvalue weighted by molar-refractivity contribution is -0.120. The maximum atomic E-state index is 12.0. The molecule has 2 N–H and O–H groups in total. The molecule has 8 heteroatoms. The van der Waals surface area contributed by atoms with Gasteiger partial charge < -0.3 is 24.7 Å². The Kier molecular flexibility index (Phi) is 5.47. The van der Waals surface area contributed by atoms with Gasteiger partial charge in [-0.1, -0.05) is 30.4 Å². The number of aliphatic imine (C=N–C) groups is 1. The van der Waals surface area contributed by atoms with Crippen LogP contribution in [0.3, 0.4) is 0 Å². The molecule has 0 spiro atoms. The predicted octanol–water partition coefficient (Wildman–Crippen LogP) is 3.69. The molecule has 33 heavy (non-hydrogen) atoms. The zero-order valence-corrected chi connectivity index (χ0v) is 17.6. The van der Waals surface area contributed by atoms with Crippen LogP contribution >= 0.6 is 0 Å². The van der Waals surface area contributed by atoms with Crippen molar-refractivity contribution in [1.29, 1.82) is 0 Å². The zero-order valence-electron chi connectivity index (χ0n) is 17.6. The molecule has 1 amide bonds. The van der Waals surface area contributed by atoms with Crippen molar-refractivity contribution < 1.29 is 14.3 Å². The summed E-state index contributed by atoms with van der Waals surface area (Å²) in [6.45, 7) is 0.343. The highest BCUT2D eigenvalue weighted by molar-refractivity contribution is 6.07. The van der Waals surface area contributed by atoms with Crippen molar-refractivity contribution in [2.45, 2.75) is 6.04 Å². The predicted molar refractivity (Wildman–Crippen MR) is 128 cm³/mol. The monoisotopic (exact) mass is 439 g/mol. The molecule has 0 fully saturated rings. The highest BCUT2D eigenvalue weighted by Crippen LogP contribution is 2.33. The largest absolute Gasteiger partial charge is 0.453 e. The number of para-hydroxylation sites is 1. The van der Waals surface area contributed by atoms with Crippen LogP contribution in [0.4, 0.5) is 0 Å². The Bertz CT molecular complexity index is 1390. The number of benzene rings is 1.